The standard InChI is InChI=1S/C19H26N2O5S/c1-4-26-18(25)14-15(22)17(24)21(12(2)3)19(14)7-9-20(10-8-19)16(23)13-6-5-11-27-13/h5-6,11-12,14-15,22H,4,7-10H2,1-3H3/t14-,15-/m1/s1. The maximum absolute atomic E-state index is 12.7. The van der Waals surface area contributed by atoms with Crippen molar-refractivity contribution in [2.24, 2.45) is 5.92 Å². The number of carbonyl (C=O) groups is 3. The average Bonchev–Trinajstić information content (AvgIpc) is 3.22. The van der Waals surface area contributed by atoms with Gasteiger partial charge in [0.2, 0.25) is 0 Å². The minimum absolute atomic E-state index is 0.0338. The van der Waals surface area contributed by atoms with Crippen LogP contribution in [0.25, 0.3) is 0 Å². The lowest BCUT2D eigenvalue weighted by molar-refractivity contribution is -0.156. The molecule has 2 amide bonds. The van der Waals surface area contributed by atoms with Crippen molar-refractivity contribution in [3.8, 4) is 0 Å². The van der Waals surface area contributed by atoms with Gasteiger partial charge in [-0.1, -0.05) is 6.07 Å². The Morgan fingerprint density at radius 1 is 1.37 bits per heavy atom. The number of thiophene rings is 1. The summed E-state index contributed by atoms with van der Waals surface area (Å²) in [4.78, 5) is 42.1. The summed E-state index contributed by atoms with van der Waals surface area (Å²) >= 11 is 1.40. The molecule has 2 atom stereocenters. The van der Waals surface area contributed by atoms with Crippen LogP contribution in [0.4, 0.5) is 0 Å². The van der Waals surface area contributed by atoms with Crippen molar-refractivity contribution in [1.29, 1.82) is 0 Å². The van der Waals surface area contributed by atoms with E-state index in [-0.39, 0.29) is 18.6 Å². The molecule has 0 unspecified atom stereocenters. The normalized spacial score (nSPS) is 24.7. The van der Waals surface area contributed by atoms with Crippen molar-refractivity contribution in [2.45, 2.75) is 51.3 Å². The largest absolute Gasteiger partial charge is 0.466 e. The van der Waals surface area contributed by atoms with Crippen LogP contribution < -0.4 is 0 Å². The number of nitrogens with zero attached hydrogens (tertiary/aromatic N) is 2. The van der Waals surface area contributed by atoms with Crippen LogP contribution in [-0.2, 0) is 14.3 Å². The second kappa shape index (κ2) is 7.59. The fourth-order valence-corrected chi connectivity index (χ4v) is 5.19. The highest BCUT2D eigenvalue weighted by atomic mass is 32.1. The minimum Gasteiger partial charge on any atom is -0.466 e. The van der Waals surface area contributed by atoms with Crippen molar-refractivity contribution >= 4 is 29.1 Å². The summed E-state index contributed by atoms with van der Waals surface area (Å²) in [6.07, 6.45) is -0.519. The van der Waals surface area contributed by atoms with E-state index < -0.39 is 29.4 Å². The molecule has 0 aliphatic carbocycles. The molecule has 3 rings (SSSR count). The van der Waals surface area contributed by atoms with E-state index in [4.69, 9.17) is 4.74 Å². The number of aliphatic hydroxyl groups is 1. The van der Waals surface area contributed by atoms with Gasteiger partial charge in [-0.3, -0.25) is 14.4 Å². The monoisotopic (exact) mass is 394 g/mol. The van der Waals surface area contributed by atoms with Crippen LogP contribution in [-0.4, -0.2) is 70.1 Å². The first kappa shape index (κ1) is 19.8. The van der Waals surface area contributed by atoms with Gasteiger partial charge in [0, 0.05) is 19.1 Å². The summed E-state index contributed by atoms with van der Waals surface area (Å²) < 4.78 is 5.18. The van der Waals surface area contributed by atoms with Crippen LogP contribution in [0.2, 0.25) is 0 Å². The van der Waals surface area contributed by atoms with Gasteiger partial charge in [-0.15, -0.1) is 11.3 Å². The molecule has 0 saturated carbocycles. The number of hydrogen-bond acceptors (Lipinski definition) is 6. The zero-order valence-electron chi connectivity index (χ0n) is 15.9. The Bertz CT molecular complexity index is 710. The maximum atomic E-state index is 12.7. The Morgan fingerprint density at radius 3 is 2.56 bits per heavy atom. The fraction of sp³-hybridized carbons (Fsp3) is 0.632. The zero-order chi connectivity index (χ0) is 19.8. The molecule has 8 heteroatoms. The van der Waals surface area contributed by atoms with E-state index in [1.165, 1.54) is 11.3 Å². The first-order chi connectivity index (χ1) is 12.8. The molecule has 1 N–H and O–H groups in total. The number of ether oxygens (including phenoxy) is 1. The molecule has 2 saturated heterocycles. The summed E-state index contributed by atoms with van der Waals surface area (Å²) in [6, 6.07) is 3.47. The second-order valence-corrected chi connectivity index (χ2v) is 8.30. The number of piperidine rings is 1. The summed E-state index contributed by atoms with van der Waals surface area (Å²) in [6.45, 7) is 6.51. The van der Waals surface area contributed by atoms with Crippen LogP contribution in [0, 0.1) is 5.92 Å². The molecule has 2 fully saturated rings. The van der Waals surface area contributed by atoms with Gasteiger partial charge < -0.3 is 19.6 Å². The van der Waals surface area contributed by atoms with Crippen LogP contribution in [0.5, 0.6) is 0 Å². The molecular formula is C19H26N2O5S. The van der Waals surface area contributed by atoms with Crippen LogP contribution in [0.15, 0.2) is 17.5 Å². The van der Waals surface area contributed by atoms with E-state index in [1.807, 2.05) is 25.3 Å². The zero-order valence-corrected chi connectivity index (χ0v) is 16.7. The predicted octanol–water partition coefficient (Wildman–Crippen LogP) is 1.51. The van der Waals surface area contributed by atoms with Gasteiger partial charge in [0.1, 0.15) is 12.0 Å². The Labute approximate surface area is 162 Å². The predicted molar refractivity (Wildman–Crippen MR) is 100 cm³/mol. The van der Waals surface area contributed by atoms with E-state index in [1.54, 1.807) is 22.8 Å². The average molecular weight is 394 g/mol. The molecular weight excluding hydrogens is 368 g/mol. The number of aliphatic hydroxyl groups excluding tert-OH is 1. The Hall–Kier alpha value is -1.93. The van der Waals surface area contributed by atoms with Gasteiger partial charge >= 0.3 is 5.97 Å². The lowest BCUT2D eigenvalue weighted by Crippen LogP contribution is -2.60. The smallest absolute Gasteiger partial charge is 0.314 e. The molecule has 0 aromatic carbocycles. The molecule has 148 valence electrons. The van der Waals surface area contributed by atoms with Gasteiger partial charge in [-0.2, -0.15) is 0 Å². The molecule has 0 bridgehead atoms. The first-order valence-corrected chi connectivity index (χ1v) is 10.2. The summed E-state index contributed by atoms with van der Waals surface area (Å²) in [5.74, 6) is -1.93. The quantitative estimate of drug-likeness (QED) is 0.783. The third-order valence-corrected chi connectivity index (χ3v) is 6.43. The highest BCUT2D eigenvalue weighted by Crippen LogP contribution is 2.45. The van der Waals surface area contributed by atoms with Crippen molar-refractivity contribution < 1.29 is 24.2 Å². The Balaban J connectivity index is 1.87. The molecule has 7 nitrogen and oxygen atoms in total. The number of hydrogen-bond donors (Lipinski definition) is 1. The van der Waals surface area contributed by atoms with Crippen LogP contribution in [0.1, 0.15) is 43.3 Å². The van der Waals surface area contributed by atoms with Gasteiger partial charge in [-0.05, 0) is 45.1 Å². The van der Waals surface area contributed by atoms with E-state index in [0.29, 0.717) is 30.8 Å². The van der Waals surface area contributed by atoms with Gasteiger partial charge in [0.05, 0.1) is 17.0 Å². The lowest BCUT2D eigenvalue weighted by atomic mass is 9.75. The molecule has 1 aromatic heterocycles. The number of likely N-dealkylation sites (tertiary alicyclic amines) is 2. The Morgan fingerprint density at radius 2 is 2.04 bits per heavy atom. The van der Waals surface area contributed by atoms with Gasteiger partial charge in [0.25, 0.3) is 11.8 Å². The van der Waals surface area contributed by atoms with Crippen LogP contribution in [0.3, 0.4) is 0 Å². The third kappa shape index (κ3) is 3.25. The number of esters is 1. The van der Waals surface area contributed by atoms with Crippen molar-refractivity contribution in [1.82, 2.24) is 9.80 Å². The van der Waals surface area contributed by atoms with Crippen molar-refractivity contribution in [3.05, 3.63) is 22.4 Å². The van der Waals surface area contributed by atoms with Crippen molar-refractivity contribution in [2.75, 3.05) is 19.7 Å². The topological polar surface area (TPSA) is 87.2 Å². The molecule has 2 aliphatic rings. The highest BCUT2D eigenvalue weighted by Gasteiger charge is 2.63. The third-order valence-electron chi connectivity index (χ3n) is 5.57. The summed E-state index contributed by atoms with van der Waals surface area (Å²) in [5.41, 5.74) is -0.816. The fourth-order valence-electron chi connectivity index (χ4n) is 4.50. The SMILES string of the molecule is CCOC(=O)[C@H]1[C@@H](O)C(=O)N(C(C)C)C12CCN(C(=O)c1cccs1)CC2. The molecule has 0 radical (unpaired) electrons. The summed E-state index contributed by atoms with van der Waals surface area (Å²) in [5, 5.41) is 12.4. The van der Waals surface area contributed by atoms with Crippen molar-refractivity contribution in [3.63, 3.8) is 0 Å². The van der Waals surface area contributed by atoms with E-state index in [0.717, 1.165) is 0 Å². The minimum atomic E-state index is -1.40. The molecule has 2 aliphatic heterocycles. The number of rotatable bonds is 4. The molecule has 1 aromatic rings. The van der Waals surface area contributed by atoms with Gasteiger partial charge in [0.15, 0.2) is 0 Å². The number of amides is 2. The Kier molecular flexibility index (Phi) is 5.58. The molecule has 3 heterocycles. The maximum Gasteiger partial charge on any atom is 0.314 e. The summed E-state index contributed by atoms with van der Waals surface area (Å²) in [7, 11) is 0. The van der Waals surface area contributed by atoms with E-state index in [9.17, 15) is 19.5 Å². The lowest BCUT2D eigenvalue weighted by Gasteiger charge is -2.48. The van der Waals surface area contributed by atoms with Gasteiger partial charge in [-0.25, -0.2) is 0 Å². The van der Waals surface area contributed by atoms with E-state index in [2.05, 4.69) is 0 Å². The molecule has 27 heavy (non-hydrogen) atoms. The first-order valence-electron chi connectivity index (χ1n) is 9.34. The highest BCUT2D eigenvalue weighted by molar-refractivity contribution is 7.12. The second-order valence-electron chi connectivity index (χ2n) is 7.35. The van der Waals surface area contributed by atoms with Crippen LogP contribution >= 0.6 is 11.3 Å². The molecule has 1 spiro atoms. The number of carbonyl (C=O) groups excluding carboxylic acids is 3. The van der Waals surface area contributed by atoms with E-state index >= 15 is 0 Å².